The Balaban J connectivity index is 1.71. The molecular formula is C20H28N4O. The molecule has 2 heterocycles. The van der Waals surface area contributed by atoms with Crippen LogP contribution >= 0.6 is 0 Å². The highest BCUT2D eigenvalue weighted by molar-refractivity contribution is 5.94. The van der Waals surface area contributed by atoms with Gasteiger partial charge < -0.3 is 4.90 Å². The number of hydrogen-bond donors (Lipinski definition) is 0. The molecule has 5 nitrogen and oxygen atoms in total. The Labute approximate surface area is 150 Å². The number of aryl methyl sites for hydroxylation is 1. The first kappa shape index (κ1) is 17.7. The lowest BCUT2D eigenvalue weighted by molar-refractivity contribution is 0.0827. The van der Waals surface area contributed by atoms with Crippen LogP contribution in [0.15, 0.2) is 36.7 Å². The van der Waals surface area contributed by atoms with Crippen LogP contribution in [0.1, 0.15) is 40.7 Å². The Morgan fingerprint density at radius 3 is 2.88 bits per heavy atom. The quantitative estimate of drug-likeness (QED) is 0.840. The summed E-state index contributed by atoms with van der Waals surface area (Å²) >= 11 is 0. The number of rotatable bonds is 5. The van der Waals surface area contributed by atoms with Crippen LogP contribution in [0, 0.1) is 6.92 Å². The molecular weight excluding hydrogens is 312 g/mol. The first-order valence-electron chi connectivity index (χ1n) is 9.06. The Kier molecular flexibility index (Phi) is 5.53. The fraction of sp³-hybridized carbons (Fsp3) is 0.500. The molecule has 1 saturated heterocycles. The molecule has 134 valence electrons. The Morgan fingerprint density at radius 1 is 1.32 bits per heavy atom. The summed E-state index contributed by atoms with van der Waals surface area (Å²) in [5.41, 5.74) is 3.17. The fourth-order valence-corrected chi connectivity index (χ4v) is 3.55. The molecule has 0 bridgehead atoms. The minimum absolute atomic E-state index is 0.0593. The standard InChI is InChI=1S/C20H28N4O/c1-16-12-21-24(13-16)15-19-9-4-5-10-23(19)14-17-7-6-8-18(11-17)20(25)22(2)3/h6-8,11-13,19H,4-5,9-10,14-15H2,1-3H3/t19-/m0/s1. The molecule has 0 saturated carbocycles. The van der Waals surface area contributed by atoms with Crippen LogP contribution in [0.25, 0.3) is 0 Å². The topological polar surface area (TPSA) is 41.4 Å². The third-order valence-corrected chi connectivity index (χ3v) is 4.88. The largest absolute Gasteiger partial charge is 0.345 e. The molecule has 1 aliphatic heterocycles. The van der Waals surface area contributed by atoms with Crippen LogP contribution in [0.3, 0.4) is 0 Å². The third kappa shape index (κ3) is 4.48. The number of nitrogens with zero attached hydrogens (tertiary/aromatic N) is 4. The monoisotopic (exact) mass is 340 g/mol. The third-order valence-electron chi connectivity index (χ3n) is 4.88. The summed E-state index contributed by atoms with van der Waals surface area (Å²) in [5.74, 6) is 0.0593. The molecule has 2 aromatic rings. The first-order valence-corrected chi connectivity index (χ1v) is 9.06. The zero-order valence-electron chi connectivity index (χ0n) is 15.5. The lowest BCUT2D eigenvalue weighted by Gasteiger charge is -2.35. The second-order valence-corrected chi connectivity index (χ2v) is 7.26. The van der Waals surface area contributed by atoms with Crippen molar-refractivity contribution in [3.05, 3.63) is 53.3 Å². The van der Waals surface area contributed by atoms with E-state index < -0.39 is 0 Å². The normalized spacial score (nSPS) is 18.3. The van der Waals surface area contributed by atoms with Gasteiger partial charge in [0.05, 0.1) is 12.7 Å². The van der Waals surface area contributed by atoms with Crippen LogP contribution in [0.5, 0.6) is 0 Å². The van der Waals surface area contributed by atoms with E-state index in [4.69, 9.17) is 0 Å². The molecule has 0 aliphatic carbocycles. The Morgan fingerprint density at radius 2 is 2.16 bits per heavy atom. The summed E-state index contributed by atoms with van der Waals surface area (Å²) in [5, 5.41) is 4.45. The molecule has 0 spiro atoms. The SMILES string of the molecule is Cc1cnn(C[C@@H]2CCCCN2Cc2cccc(C(=O)N(C)C)c2)c1. The maximum atomic E-state index is 12.2. The highest BCUT2D eigenvalue weighted by Crippen LogP contribution is 2.21. The lowest BCUT2D eigenvalue weighted by atomic mass is 10.0. The molecule has 1 atom stereocenters. The number of carbonyl (C=O) groups is 1. The van der Waals surface area contributed by atoms with Gasteiger partial charge in [-0.05, 0) is 49.6 Å². The van der Waals surface area contributed by atoms with E-state index >= 15 is 0 Å². The van der Waals surface area contributed by atoms with Crippen LogP contribution in [0.4, 0.5) is 0 Å². The highest BCUT2D eigenvalue weighted by atomic mass is 16.2. The number of piperidine rings is 1. The zero-order valence-corrected chi connectivity index (χ0v) is 15.5. The minimum Gasteiger partial charge on any atom is -0.345 e. The highest BCUT2D eigenvalue weighted by Gasteiger charge is 2.23. The van der Waals surface area contributed by atoms with Gasteiger partial charge in [-0.3, -0.25) is 14.4 Å². The summed E-state index contributed by atoms with van der Waals surface area (Å²) in [7, 11) is 3.59. The van der Waals surface area contributed by atoms with Crippen molar-refractivity contribution in [1.82, 2.24) is 19.6 Å². The van der Waals surface area contributed by atoms with E-state index in [1.54, 1.807) is 19.0 Å². The molecule has 0 unspecified atom stereocenters. The lowest BCUT2D eigenvalue weighted by Crippen LogP contribution is -2.41. The van der Waals surface area contributed by atoms with E-state index in [1.807, 2.05) is 24.4 Å². The van der Waals surface area contributed by atoms with Crippen molar-refractivity contribution in [2.45, 2.75) is 45.3 Å². The van der Waals surface area contributed by atoms with Gasteiger partial charge in [-0.15, -0.1) is 0 Å². The van der Waals surface area contributed by atoms with E-state index in [1.165, 1.54) is 30.4 Å². The summed E-state index contributed by atoms with van der Waals surface area (Å²) in [6, 6.07) is 8.54. The molecule has 1 fully saturated rings. The van der Waals surface area contributed by atoms with Crippen molar-refractivity contribution in [3.8, 4) is 0 Å². The van der Waals surface area contributed by atoms with Crippen molar-refractivity contribution < 1.29 is 4.79 Å². The molecule has 1 aliphatic rings. The van der Waals surface area contributed by atoms with Gasteiger partial charge in [0.1, 0.15) is 0 Å². The van der Waals surface area contributed by atoms with Gasteiger partial charge in [0.25, 0.3) is 5.91 Å². The number of likely N-dealkylation sites (tertiary alicyclic amines) is 1. The van der Waals surface area contributed by atoms with Crippen molar-refractivity contribution in [2.24, 2.45) is 0 Å². The van der Waals surface area contributed by atoms with Crippen LogP contribution in [-0.2, 0) is 13.1 Å². The van der Waals surface area contributed by atoms with Gasteiger partial charge in [0, 0.05) is 38.4 Å². The molecule has 25 heavy (non-hydrogen) atoms. The van der Waals surface area contributed by atoms with E-state index in [9.17, 15) is 4.79 Å². The number of benzene rings is 1. The van der Waals surface area contributed by atoms with E-state index in [0.29, 0.717) is 6.04 Å². The molecule has 0 N–H and O–H groups in total. The number of aromatic nitrogens is 2. The van der Waals surface area contributed by atoms with Gasteiger partial charge in [-0.25, -0.2) is 0 Å². The maximum absolute atomic E-state index is 12.2. The summed E-state index contributed by atoms with van der Waals surface area (Å²) in [6.07, 6.45) is 7.76. The fourth-order valence-electron chi connectivity index (χ4n) is 3.55. The molecule has 3 rings (SSSR count). The average Bonchev–Trinajstić information content (AvgIpc) is 3.01. The van der Waals surface area contributed by atoms with Crippen molar-refractivity contribution in [2.75, 3.05) is 20.6 Å². The maximum Gasteiger partial charge on any atom is 0.253 e. The van der Waals surface area contributed by atoms with Crippen molar-refractivity contribution in [1.29, 1.82) is 0 Å². The predicted octanol–water partition coefficient (Wildman–Crippen LogP) is 2.95. The summed E-state index contributed by atoms with van der Waals surface area (Å²) in [6.45, 7) is 5.01. The first-order chi connectivity index (χ1) is 12.0. The molecule has 5 heteroatoms. The second-order valence-electron chi connectivity index (χ2n) is 7.26. The van der Waals surface area contributed by atoms with Gasteiger partial charge in [-0.1, -0.05) is 18.6 Å². The smallest absolute Gasteiger partial charge is 0.253 e. The van der Waals surface area contributed by atoms with Gasteiger partial charge in [-0.2, -0.15) is 5.10 Å². The van der Waals surface area contributed by atoms with Crippen molar-refractivity contribution >= 4 is 5.91 Å². The van der Waals surface area contributed by atoms with Crippen molar-refractivity contribution in [3.63, 3.8) is 0 Å². The molecule has 1 aromatic heterocycles. The van der Waals surface area contributed by atoms with Gasteiger partial charge in [0.15, 0.2) is 0 Å². The number of carbonyl (C=O) groups excluding carboxylic acids is 1. The van der Waals surface area contributed by atoms with Gasteiger partial charge in [0.2, 0.25) is 0 Å². The van der Waals surface area contributed by atoms with Crippen LogP contribution in [0.2, 0.25) is 0 Å². The Bertz CT molecular complexity index is 722. The predicted molar refractivity (Wildman–Crippen MR) is 99.5 cm³/mol. The van der Waals surface area contributed by atoms with Crippen LogP contribution in [-0.4, -0.2) is 52.2 Å². The molecule has 1 aromatic carbocycles. The second kappa shape index (κ2) is 7.83. The van der Waals surface area contributed by atoms with Crippen LogP contribution < -0.4 is 0 Å². The van der Waals surface area contributed by atoms with E-state index in [-0.39, 0.29) is 5.91 Å². The summed E-state index contributed by atoms with van der Waals surface area (Å²) in [4.78, 5) is 16.4. The average molecular weight is 340 g/mol. The van der Waals surface area contributed by atoms with E-state index in [2.05, 4.69) is 33.9 Å². The molecule has 1 amide bonds. The molecule has 0 radical (unpaired) electrons. The zero-order chi connectivity index (χ0) is 17.8. The number of hydrogen-bond acceptors (Lipinski definition) is 3. The van der Waals surface area contributed by atoms with E-state index in [0.717, 1.165) is 25.2 Å². The number of amides is 1. The van der Waals surface area contributed by atoms with Gasteiger partial charge >= 0.3 is 0 Å². The summed E-state index contributed by atoms with van der Waals surface area (Å²) < 4.78 is 2.06. The minimum atomic E-state index is 0.0593. The Hall–Kier alpha value is -2.14.